The van der Waals surface area contributed by atoms with E-state index in [1.807, 2.05) is 19.1 Å². The van der Waals surface area contributed by atoms with Crippen LogP contribution in [0.4, 0.5) is 11.4 Å². The van der Waals surface area contributed by atoms with E-state index in [1.54, 1.807) is 13.0 Å². The molecular weight excluding hydrogens is 344 g/mol. The number of aromatic nitrogens is 2. The number of benzene rings is 1. The van der Waals surface area contributed by atoms with Gasteiger partial charge in [-0.15, -0.1) is 0 Å². The molecule has 0 atom stereocenters. The van der Waals surface area contributed by atoms with Crippen molar-refractivity contribution in [3.8, 4) is 0 Å². The molecule has 3 rings (SSSR count). The summed E-state index contributed by atoms with van der Waals surface area (Å²) >= 11 is 0. The molecule has 2 amide bonds. The zero-order valence-electron chi connectivity index (χ0n) is 15.8. The molecule has 0 aliphatic heterocycles. The summed E-state index contributed by atoms with van der Waals surface area (Å²) < 4.78 is 0. The third-order valence-electron chi connectivity index (χ3n) is 5.11. The maximum absolute atomic E-state index is 12.6. The third-order valence-corrected chi connectivity index (χ3v) is 5.11. The number of H-pyrrole nitrogens is 2. The average molecular weight is 370 g/mol. The Balaban J connectivity index is 1.72. The van der Waals surface area contributed by atoms with Crippen LogP contribution in [0.25, 0.3) is 0 Å². The van der Waals surface area contributed by atoms with Crippen molar-refractivity contribution in [3.63, 3.8) is 0 Å². The molecule has 1 fully saturated rings. The van der Waals surface area contributed by atoms with Crippen molar-refractivity contribution in [2.45, 2.75) is 52.4 Å². The Labute approximate surface area is 157 Å². The van der Waals surface area contributed by atoms with E-state index in [4.69, 9.17) is 0 Å². The van der Waals surface area contributed by atoms with Gasteiger partial charge in [-0.25, -0.2) is 0 Å². The van der Waals surface area contributed by atoms with Gasteiger partial charge in [0.05, 0.1) is 17.8 Å². The SMILES string of the molecule is Cc1ccc(NC(=O)C2CCCCC2)c(NC(=O)Cc2c(C)[nH][nH]c2=O)c1. The van der Waals surface area contributed by atoms with Gasteiger partial charge in [0, 0.05) is 17.2 Å². The standard InChI is InChI=1S/C20H26N4O3/c1-12-8-9-16(22-19(26)14-6-4-3-5-7-14)17(10-12)21-18(25)11-15-13(2)23-24-20(15)27/h8-10,14H,3-7,11H2,1-2H3,(H,21,25)(H,22,26)(H2,23,24,27). The molecule has 1 aromatic heterocycles. The molecule has 7 heteroatoms. The second-order valence-corrected chi connectivity index (χ2v) is 7.28. The molecule has 0 spiro atoms. The van der Waals surface area contributed by atoms with Crippen LogP contribution in [0.15, 0.2) is 23.0 Å². The minimum absolute atomic E-state index is 0.00646. The van der Waals surface area contributed by atoms with Crippen molar-refractivity contribution in [3.05, 3.63) is 45.4 Å². The van der Waals surface area contributed by atoms with Gasteiger partial charge in [0.25, 0.3) is 5.56 Å². The summed E-state index contributed by atoms with van der Waals surface area (Å²) in [4.78, 5) is 36.8. The summed E-state index contributed by atoms with van der Waals surface area (Å²) in [6.07, 6.45) is 5.14. The average Bonchev–Trinajstić information content (AvgIpc) is 2.96. The maximum atomic E-state index is 12.6. The number of carbonyl (C=O) groups is 2. The molecule has 0 unspecified atom stereocenters. The Kier molecular flexibility index (Phi) is 5.78. The van der Waals surface area contributed by atoms with E-state index in [0.717, 1.165) is 31.2 Å². The first-order chi connectivity index (χ1) is 12.9. The van der Waals surface area contributed by atoms with E-state index in [2.05, 4.69) is 20.8 Å². The molecule has 1 saturated carbocycles. The summed E-state index contributed by atoms with van der Waals surface area (Å²) in [6.45, 7) is 3.66. The maximum Gasteiger partial charge on any atom is 0.267 e. The fourth-order valence-electron chi connectivity index (χ4n) is 3.51. The molecule has 1 heterocycles. The molecule has 144 valence electrons. The summed E-state index contributed by atoms with van der Waals surface area (Å²) in [7, 11) is 0. The Morgan fingerprint density at radius 2 is 1.78 bits per heavy atom. The van der Waals surface area contributed by atoms with Gasteiger partial charge < -0.3 is 15.7 Å². The number of aromatic amines is 2. The van der Waals surface area contributed by atoms with Crippen LogP contribution in [0.2, 0.25) is 0 Å². The van der Waals surface area contributed by atoms with Gasteiger partial charge in [-0.1, -0.05) is 25.3 Å². The van der Waals surface area contributed by atoms with Crippen LogP contribution in [0.1, 0.15) is 48.9 Å². The number of anilines is 2. The molecule has 4 N–H and O–H groups in total. The highest BCUT2D eigenvalue weighted by molar-refractivity contribution is 6.00. The van der Waals surface area contributed by atoms with Gasteiger partial charge in [-0.05, 0) is 44.4 Å². The predicted molar refractivity (Wildman–Crippen MR) is 105 cm³/mol. The van der Waals surface area contributed by atoms with Gasteiger partial charge >= 0.3 is 0 Å². The normalized spacial score (nSPS) is 14.7. The Hall–Kier alpha value is -2.83. The fourth-order valence-corrected chi connectivity index (χ4v) is 3.51. The van der Waals surface area contributed by atoms with E-state index in [9.17, 15) is 14.4 Å². The molecule has 0 radical (unpaired) electrons. The first-order valence-electron chi connectivity index (χ1n) is 9.41. The quantitative estimate of drug-likeness (QED) is 0.650. The molecule has 0 bridgehead atoms. The number of amides is 2. The van der Waals surface area contributed by atoms with Crippen molar-refractivity contribution in [1.82, 2.24) is 10.2 Å². The summed E-state index contributed by atoms with van der Waals surface area (Å²) in [5, 5.41) is 11.0. The van der Waals surface area contributed by atoms with Crippen LogP contribution in [0, 0.1) is 19.8 Å². The Morgan fingerprint density at radius 3 is 2.44 bits per heavy atom. The third kappa shape index (κ3) is 4.67. The number of nitrogens with one attached hydrogen (secondary N) is 4. The molecule has 7 nitrogen and oxygen atoms in total. The topological polar surface area (TPSA) is 107 Å². The summed E-state index contributed by atoms with van der Waals surface area (Å²) in [6, 6.07) is 5.52. The van der Waals surface area contributed by atoms with Crippen LogP contribution in [-0.2, 0) is 16.0 Å². The smallest absolute Gasteiger partial charge is 0.267 e. The van der Waals surface area contributed by atoms with Crippen LogP contribution < -0.4 is 16.2 Å². The molecule has 0 saturated heterocycles. The van der Waals surface area contributed by atoms with Crippen LogP contribution in [-0.4, -0.2) is 22.0 Å². The van der Waals surface area contributed by atoms with Crippen molar-refractivity contribution in [1.29, 1.82) is 0 Å². The van der Waals surface area contributed by atoms with Crippen LogP contribution >= 0.6 is 0 Å². The lowest BCUT2D eigenvalue weighted by atomic mass is 9.88. The molecular formula is C20H26N4O3. The van der Waals surface area contributed by atoms with E-state index in [1.165, 1.54) is 6.42 Å². The van der Waals surface area contributed by atoms with E-state index in [-0.39, 0.29) is 29.7 Å². The first-order valence-corrected chi connectivity index (χ1v) is 9.41. The van der Waals surface area contributed by atoms with E-state index >= 15 is 0 Å². The van der Waals surface area contributed by atoms with E-state index in [0.29, 0.717) is 22.6 Å². The Morgan fingerprint density at radius 1 is 1.04 bits per heavy atom. The first kappa shape index (κ1) is 18.9. The number of carbonyl (C=O) groups excluding carboxylic acids is 2. The monoisotopic (exact) mass is 370 g/mol. The van der Waals surface area contributed by atoms with Crippen molar-refractivity contribution >= 4 is 23.2 Å². The molecule has 1 aliphatic rings. The lowest BCUT2D eigenvalue weighted by Gasteiger charge is -2.22. The number of hydrogen-bond donors (Lipinski definition) is 4. The fraction of sp³-hybridized carbons (Fsp3) is 0.450. The highest BCUT2D eigenvalue weighted by Crippen LogP contribution is 2.28. The Bertz CT molecular complexity index is 891. The molecule has 1 aromatic carbocycles. The number of rotatable bonds is 5. The summed E-state index contributed by atoms with van der Waals surface area (Å²) in [5.74, 6) is -0.265. The minimum Gasteiger partial charge on any atom is -0.324 e. The van der Waals surface area contributed by atoms with Crippen LogP contribution in [0.5, 0.6) is 0 Å². The van der Waals surface area contributed by atoms with Crippen LogP contribution in [0.3, 0.4) is 0 Å². The highest BCUT2D eigenvalue weighted by atomic mass is 16.2. The van der Waals surface area contributed by atoms with Crippen molar-refractivity contribution < 1.29 is 9.59 Å². The van der Waals surface area contributed by atoms with Gasteiger partial charge in [-0.2, -0.15) is 0 Å². The highest BCUT2D eigenvalue weighted by Gasteiger charge is 2.22. The zero-order valence-corrected chi connectivity index (χ0v) is 15.8. The molecule has 1 aliphatic carbocycles. The second kappa shape index (κ2) is 8.24. The number of aryl methyl sites for hydroxylation is 2. The van der Waals surface area contributed by atoms with Crippen molar-refractivity contribution in [2.24, 2.45) is 5.92 Å². The molecule has 2 aromatic rings. The second-order valence-electron chi connectivity index (χ2n) is 7.28. The van der Waals surface area contributed by atoms with Gasteiger partial charge in [0.1, 0.15) is 0 Å². The lowest BCUT2D eigenvalue weighted by molar-refractivity contribution is -0.120. The minimum atomic E-state index is -0.304. The number of hydrogen-bond acceptors (Lipinski definition) is 3. The largest absolute Gasteiger partial charge is 0.324 e. The lowest BCUT2D eigenvalue weighted by Crippen LogP contribution is -2.26. The zero-order chi connectivity index (χ0) is 19.4. The van der Waals surface area contributed by atoms with Gasteiger partial charge in [-0.3, -0.25) is 19.5 Å². The van der Waals surface area contributed by atoms with Gasteiger partial charge in [0.15, 0.2) is 0 Å². The van der Waals surface area contributed by atoms with E-state index < -0.39 is 0 Å². The van der Waals surface area contributed by atoms with Gasteiger partial charge in [0.2, 0.25) is 11.8 Å². The predicted octanol–water partition coefficient (Wildman–Crippen LogP) is 3.02. The van der Waals surface area contributed by atoms with Crippen molar-refractivity contribution in [2.75, 3.05) is 10.6 Å². The summed E-state index contributed by atoms with van der Waals surface area (Å²) in [5.41, 5.74) is 2.87. The molecule has 27 heavy (non-hydrogen) atoms.